The molecule has 1 N–H and O–H groups in total. The first-order valence-electron chi connectivity index (χ1n) is 5.89. The number of rotatable bonds is 5. The Hall–Kier alpha value is -1.03. The number of hydrogen-bond acceptors (Lipinski definition) is 2. The van der Waals surface area contributed by atoms with Crippen LogP contribution in [0.5, 0.6) is 5.75 Å². The molecule has 0 fully saturated rings. The molecule has 2 aromatic rings. The maximum absolute atomic E-state index is 5.87. The number of hydrogen-bond donors (Lipinski definition) is 1. The van der Waals surface area contributed by atoms with E-state index in [1.165, 1.54) is 5.56 Å². The molecule has 0 atom stereocenters. The van der Waals surface area contributed by atoms with E-state index in [1.807, 2.05) is 37.4 Å². The van der Waals surface area contributed by atoms with Crippen molar-refractivity contribution < 1.29 is 4.74 Å². The van der Waals surface area contributed by atoms with Gasteiger partial charge in [0.2, 0.25) is 0 Å². The predicted molar refractivity (Wildman–Crippen MR) is 84.9 cm³/mol. The number of nitrogens with one attached hydrogen (secondary N) is 1. The van der Waals surface area contributed by atoms with Gasteiger partial charge in [-0.3, -0.25) is 0 Å². The quantitative estimate of drug-likeness (QED) is 0.880. The van der Waals surface area contributed by atoms with Gasteiger partial charge in [-0.1, -0.05) is 46.3 Å². The van der Waals surface area contributed by atoms with Gasteiger partial charge >= 0.3 is 0 Å². The summed E-state index contributed by atoms with van der Waals surface area (Å²) in [5.74, 6) is 0.927. The van der Waals surface area contributed by atoms with Crippen molar-refractivity contribution in [2.24, 2.45) is 0 Å². The van der Waals surface area contributed by atoms with E-state index < -0.39 is 0 Å². The molecule has 0 heterocycles. The smallest absolute Gasteiger partial charge is 0.124 e. The van der Waals surface area contributed by atoms with E-state index in [9.17, 15) is 0 Å². The SMILES string of the molecule is CNCc1cc(Br)ccc1OCc1ccccc1.Cl. The zero-order chi connectivity index (χ0) is 12.8. The first kappa shape index (κ1) is 16.0. The predicted octanol–water partition coefficient (Wildman–Crippen LogP) is 4.17. The second kappa shape index (κ2) is 8.20. The lowest BCUT2D eigenvalue weighted by Crippen LogP contribution is -2.07. The average Bonchev–Trinajstić information content (AvgIpc) is 2.39. The molecule has 2 nitrogen and oxygen atoms in total. The summed E-state index contributed by atoms with van der Waals surface area (Å²) in [7, 11) is 1.93. The van der Waals surface area contributed by atoms with Gasteiger partial charge in [-0.2, -0.15) is 0 Å². The fraction of sp³-hybridized carbons (Fsp3) is 0.200. The summed E-state index contributed by atoms with van der Waals surface area (Å²) in [6.45, 7) is 1.39. The molecule has 0 saturated heterocycles. The molecule has 0 aromatic heterocycles. The summed E-state index contributed by atoms with van der Waals surface area (Å²) in [6.07, 6.45) is 0. The van der Waals surface area contributed by atoms with Crippen LogP contribution < -0.4 is 10.1 Å². The van der Waals surface area contributed by atoms with Gasteiger partial charge in [-0.05, 0) is 30.8 Å². The van der Waals surface area contributed by atoms with Gasteiger partial charge in [-0.15, -0.1) is 12.4 Å². The fourth-order valence-electron chi connectivity index (χ4n) is 1.75. The molecule has 0 aliphatic rings. The van der Waals surface area contributed by atoms with Crippen molar-refractivity contribution in [1.82, 2.24) is 5.32 Å². The van der Waals surface area contributed by atoms with Gasteiger partial charge in [-0.25, -0.2) is 0 Å². The van der Waals surface area contributed by atoms with Crippen molar-refractivity contribution in [3.05, 3.63) is 64.1 Å². The van der Waals surface area contributed by atoms with Crippen LogP contribution in [0, 0.1) is 0 Å². The molecule has 2 aromatic carbocycles. The van der Waals surface area contributed by atoms with Gasteiger partial charge in [0.05, 0.1) is 0 Å². The lowest BCUT2D eigenvalue weighted by molar-refractivity contribution is 0.302. The highest BCUT2D eigenvalue weighted by molar-refractivity contribution is 9.10. The molecule has 19 heavy (non-hydrogen) atoms. The van der Waals surface area contributed by atoms with Crippen molar-refractivity contribution in [2.75, 3.05) is 7.05 Å². The highest BCUT2D eigenvalue weighted by Crippen LogP contribution is 2.24. The highest BCUT2D eigenvalue weighted by atomic mass is 79.9. The third kappa shape index (κ3) is 4.86. The third-order valence-electron chi connectivity index (χ3n) is 2.63. The van der Waals surface area contributed by atoms with Crippen LogP contribution in [0.2, 0.25) is 0 Å². The van der Waals surface area contributed by atoms with Gasteiger partial charge in [0.1, 0.15) is 12.4 Å². The van der Waals surface area contributed by atoms with Crippen molar-refractivity contribution in [3.8, 4) is 5.75 Å². The minimum Gasteiger partial charge on any atom is -0.489 e. The Bertz CT molecular complexity index is 505. The van der Waals surface area contributed by atoms with Crippen LogP contribution in [0.4, 0.5) is 0 Å². The van der Waals surface area contributed by atoms with Crippen molar-refractivity contribution in [2.45, 2.75) is 13.2 Å². The Morgan fingerprint density at radius 1 is 1.11 bits per heavy atom. The summed E-state index contributed by atoms with van der Waals surface area (Å²) in [5, 5.41) is 3.15. The molecule has 0 amide bonds. The Kier molecular flexibility index (Phi) is 6.92. The number of ether oxygens (including phenoxy) is 1. The van der Waals surface area contributed by atoms with Crippen LogP contribution in [0.15, 0.2) is 53.0 Å². The maximum atomic E-state index is 5.87. The standard InChI is InChI=1S/C15H16BrNO.ClH/c1-17-10-13-9-14(16)7-8-15(13)18-11-12-5-3-2-4-6-12;/h2-9,17H,10-11H2,1H3;1H. The second-order valence-electron chi connectivity index (χ2n) is 4.06. The summed E-state index contributed by atoms with van der Waals surface area (Å²) >= 11 is 3.48. The van der Waals surface area contributed by atoms with Gasteiger partial charge in [0.25, 0.3) is 0 Å². The molecule has 4 heteroatoms. The van der Waals surface area contributed by atoms with Crippen LogP contribution in [-0.2, 0) is 13.2 Å². The van der Waals surface area contributed by atoms with Crippen LogP contribution in [0.3, 0.4) is 0 Å². The number of halogens is 2. The van der Waals surface area contributed by atoms with Gasteiger partial charge < -0.3 is 10.1 Å². The number of benzene rings is 2. The molecule has 0 radical (unpaired) electrons. The van der Waals surface area contributed by atoms with E-state index in [1.54, 1.807) is 0 Å². The van der Waals surface area contributed by atoms with Crippen LogP contribution >= 0.6 is 28.3 Å². The molecule has 0 aliphatic heterocycles. The second-order valence-corrected chi connectivity index (χ2v) is 4.97. The lowest BCUT2D eigenvalue weighted by atomic mass is 10.2. The van der Waals surface area contributed by atoms with E-state index in [2.05, 4.69) is 39.4 Å². The third-order valence-corrected chi connectivity index (χ3v) is 3.12. The zero-order valence-corrected chi connectivity index (χ0v) is 13.1. The fourth-order valence-corrected chi connectivity index (χ4v) is 2.16. The minimum atomic E-state index is 0. The monoisotopic (exact) mass is 341 g/mol. The first-order chi connectivity index (χ1) is 8.79. The summed E-state index contributed by atoms with van der Waals surface area (Å²) in [6, 6.07) is 16.3. The highest BCUT2D eigenvalue weighted by Gasteiger charge is 2.04. The molecule has 0 aliphatic carbocycles. The molecule has 102 valence electrons. The zero-order valence-electron chi connectivity index (χ0n) is 10.7. The van der Waals surface area contributed by atoms with Gasteiger partial charge in [0.15, 0.2) is 0 Å². The van der Waals surface area contributed by atoms with E-state index in [0.717, 1.165) is 22.3 Å². The Morgan fingerprint density at radius 2 is 1.84 bits per heavy atom. The topological polar surface area (TPSA) is 21.3 Å². The van der Waals surface area contributed by atoms with Crippen LogP contribution in [-0.4, -0.2) is 7.05 Å². The van der Waals surface area contributed by atoms with E-state index in [-0.39, 0.29) is 12.4 Å². The molecule has 0 unspecified atom stereocenters. The molecular formula is C15H17BrClNO. The molecular weight excluding hydrogens is 326 g/mol. The van der Waals surface area contributed by atoms with Crippen LogP contribution in [0.1, 0.15) is 11.1 Å². The maximum Gasteiger partial charge on any atom is 0.124 e. The Labute approximate surface area is 128 Å². The van der Waals surface area contributed by atoms with E-state index >= 15 is 0 Å². The minimum absolute atomic E-state index is 0. The van der Waals surface area contributed by atoms with Gasteiger partial charge in [0, 0.05) is 16.6 Å². The van der Waals surface area contributed by atoms with Crippen LogP contribution in [0.25, 0.3) is 0 Å². The molecule has 0 spiro atoms. The van der Waals surface area contributed by atoms with Crippen molar-refractivity contribution in [3.63, 3.8) is 0 Å². The normalized spacial score (nSPS) is 9.79. The molecule has 0 saturated carbocycles. The summed E-state index contributed by atoms with van der Waals surface area (Å²) < 4.78 is 6.94. The Balaban J connectivity index is 0.00000180. The average molecular weight is 343 g/mol. The summed E-state index contributed by atoms with van der Waals surface area (Å²) in [4.78, 5) is 0. The molecule has 0 bridgehead atoms. The lowest BCUT2D eigenvalue weighted by Gasteiger charge is -2.12. The van der Waals surface area contributed by atoms with Crippen molar-refractivity contribution >= 4 is 28.3 Å². The van der Waals surface area contributed by atoms with Crippen molar-refractivity contribution in [1.29, 1.82) is 0 Å². The largest absolute Gasteiger partial charge is 0.489 e. The molecule has 2 rings (SSSR count). The first-order valence-corrected chi connectivity index (χ1v) is 6.68. The van der Waals surface area contributed by atoms with E-state index in [0.29, 0.717) is 6.61 Å². The summed E-state index contributed by atoms with van der Waals surface area (Å²) in [5.41, 5.74) is 2.33. The Morgan fingerprint density at radius 3 is 2.53 bits per heavy atom. The van der Waals surface area contributed by atoms with E-state index in [4.69, 9.17) is 4.74 Å².